The third-order valence-electron chi connectivity index (χ3n) is 5.59. The van der Waals surface area contributed by atoms with E-state index >= 15 is 0 Å². The first-order valence-electron chi connectivity index (χ1n) is 8.26. The Balaban J connectivity index is 1.79. The number of likely N-dealkylation sites (N-methyl/N-ethyl adjacent to an activating group) is 1. The highest BCUT2D eigenvalue weighted by Gasteiger charge is 2.56. The van der Waals surface area contributed by atoms with Crippen molar-refractivity contribution in [2.75, 3.05) is 18.5 Å². The van der Waals surface area contributed by atoms with E-state index in [1.807, 2.05) is 38.2 Å². The SMILES string of the molecule is Cc1ccc(S(=O)(=O)N2CC[C@@]3(C)c4ccccc4N(C)[C@@H]23)cc1. The summed E-state index contributed by atoms with van der Waals surface area (Å²) in [7, 11) is -1.51. The molecule has 1 fully saturated rings. The van der Waals surface area contributed by atoms with E-state index in [0.717, 1.165) is 17.7 Å². The number of sulfonamides is 1. The minimum absolute atomic E-state index is 0.164. The Kier molecular flexibility index (Phi) is 3.31. The van der Waals surface area contributed by atoms with Crippen LogP contribution in [0, 0.1) is 6.92 Å². The van der Waals surface area contributed by atoms with Crippen LogP contribution in [-0.2, 0) is 15.4 Å². The Morgan fingerprint density at radius 3 is 2.46 bits per heavy atom. The summed E-state index contributed by atoms with van der Waals surface area (Å²) in [6.45, 7) is 4.70. The largest absolute Gasteiger partial charge is 0.357 e. The zero-order valence-electron chi connectivity index (χ0n) is 14.2. The van der Waals surface area contributed by atoms with Crippen molar-refractivity contribution in [2.24, 2.45) is 0 Å². The number of anilines is 1. The first-order chi connectivity index (χ1) is 11.4. The molecular formula is C19H22N2O2S. The molecule has 0 unspecified atom stereocenters. The van der Waals surface area contributed by atoms with Gasteiger partial charge in [-0.2, -0.15) is 4.31 Å². The average Bonchev–Trinajstić information content (AvgIpc) is 3.03. The van der Waals surface area contributed by atoms with Crippen LogP contribution in [0.3, 0.4) is 0 Å². The third kappa shape index (κ3) is 1.98. The van der Waals surface area contributed by atoms with Crippen molar-refractivity contribution in [3.05, 3.63) is 59.7 Å². The fourth-order valence-corrected chi connectivity index (χ4v) is 6.02. The van der Waals surface area contributed by atoms with E-state index in [2.05, 4.69) is 24.0 Å². The average molecular weight is 342 g/mol. The number of nitrogens with zero attached hydrogens (tertiary/aromatic N) is 2. The van der Waals surface area contributed by atoms with Gasteiger partial charge in [0.1, 0.15) is 6.17 Å². The predicted molar refractivity (Wildman–Crippen MR) is 95.7 cm³/mol. The van der Waals surface area contributed by atoms with Crippen LogP contribution in [0.15, 0.2) is 53.4 Å². The molecule has 2 aliphatic heterocycles. The summed E-state index contributed by atoms with van der Waals surface area (Å²) < 4.78 is 28.1. The summed E-state index contributed by atoms with van der Waals surface area (Å²) in [4.78, 5) is 2.50. The molecule has 0 bridgehead atoms. The number of hydrogen-bond donors (Lipinski definition) is 0. The number of aryl methyl sites for hydroxylation is 1. The van der Waals surface area contributed by atoms with Gasteiger partial charge in [-0.1, -0.05) is 42.8 Å². The highest BCUT2D eigenvalue weighted by atomic mass is 32.2. The van der Waals surface area contributed by atoms with Crippen LogP contribution in [0.2, 0.25) is 0 Å². The summed E-state index contributed by atoms with van der Waals surface area (Å²) in [5.74, 6) is 0. The van der Waals surface area contributed by atoms with Crippen molar-refractivity contribution in [2.45, 2.75) is 36.7 Å². The summed E-state index contributed by atoms with van der Waals surface area (Å²) in [5, 5.41) is 0. The molecule has 2 aromatic carbocycles. The van der Waals surface area contributed by atoms with Gasteiger partial charge in [0.25, 0.3) is 0 Å². The van der Waals surface area contributed by atoms with Crippen LogP contribution in [0.4, 0.5) is 5.69 Å². The van der Waals surface area contributed by atoms with Gasteiger partial charge in [-0.15, -0.1) is 0 Å². The van der Waals surface area contributed by atoms with E-state index in [0.29, 0.717) is 11.4 Å². The zero-order valence-corrected chi connectivity index (χ0v) is 15.0. The smallest absolute Gasteiger partial charge is 0.244 e. The molecule has 0 saturated carbocycles. The molecule has 4 rings (SSSR count). The summed E-state index contributed by atoms with van der Waals surface area (Å²) in [5.41, 5.74) is 3.28. The van der Waals surface area contributed by atoms with Crippen LogP contribution in [0.1, 0.15) is 24.5 Å². The normalized spacial score (nSPS) is 26.5. The minimum atomic E-state index is -3.51. The number of benzene rings is 2. The second-order valence-corrected chi connectivity index (χ2v) is 8.99. The Morgan fingerprint density at radius 2 is 1.75 bits per heavy atom. The molecule has 1 saturated heterocycles. The molecular weight excluding hydrogens is 320 g/mol. The van der Waals surface area contributed by atoms with Crippen LogP contribution >= 0.6 is 0 Å². The Bertz CT molecular complexity index is 892. The summed E-state index contributed by atoms with van der Waals surface area (Å²) >= 11 is 0. The monoisotopic (exact) mass is 342 g/mol. The van der Waals surface area contributed by atoms with E-state index in [1.54, 1.807) is 16.4 Å². The fourth-order valence-electron chi connectivity index (χ4n) is 4.30. The first kappa shape index (κ1) is 15.7. The van der Waals surface area contributed by atoms with E-state index in [-0.39, 0.29) is 11.6 Å². The second kappa shape index (κ2) is 5.07. The van der Waals surface area contributed by atoms with Crippen molar-refractivity contribution < 1.29 is 8.42 Å². The van der Waals surface area contributed by atoms with Gasteiger partial charge in [-0.25, -0.2) is 8.42 Å². The molecule has 0 radical (unpaired) electrons. The van der Waals surface area contributed by atoms with Crippen molar-refractivity contribution in [1.29, 1.82) is 0 Å². The number of fused-ring (bicyclic) bond motifs is 3. The van der Waals surface area contributed by atoms with Crippen molar-refractivity contribution >= 4 is 15.7 Å². The van der Waals surface area contributed by atoms with Gasteiger partial charge in [-0.05, 0) is 37.1 Å². The Morgan fingerprint density at radius 1 is 1.08 bits per heavy atom. The van der Waals surface area contributed by atoms with Gasteiger partial charge in [-0.3, -0.25) is 0 Å². The molecule has 2 aliphatic rings. The van der Waals surface area contributed by atoms with Crippen LogP contribution in [0.5, 0.6) is 0 Å². The van der Waals surface area contributed by atoms with E-state index in [1.165, 1.54) is 5.56 Å². The summed E-state index contributed by atoms with van der Waals surface area (Å²) in [6, 6.07) is 15.4. The van der Waals surface area contributed by atoms with Crippen molar-refractivity contribution in [3.8, 4) is 0 Å². The maximum Gasteiger partial charge on any atom is 0.244 e. The van der Waals surface area contributed by atoms with E-state index in [4.69, 9.17) is 0 Å². The highest BCUT2D eigenvalue weighted by Crippen LogP contribution is 2.52. The molecule has 0 aliphatic carbocycles. The van der Waals surface area contributed by atoms with Crippen molar-refractivity contribution in [3.63, 3.8) is 0 Å². The molecule has 0 spiro atoms. The maximum atomic E-state index is 13.2. The van der Waals surface area contributed by atoms with Gasteiger partial charge < -0.3 is 4.90 Å². The van der Waals surface area contributed by atoms with Gasteiger partial charge in [0, 0.05) is 24.7 Å². The van der Waals surface area contributed by atoms with Crippen LogP contribution in [0.25, 0.3) is 0 Å². The van der Waals surface area contributed by atoms with E-state index in [9.17, 15) is 8.42 Å². The number of hydrogen-bond acceptors (Lipinski definition) is 3. The molecule has 126 valence electrons. The van der Waals surface area contributed by atoms with Gasteiger partial charge >= 0.3 is 0 Å². The molecule has 4 nitrogen and oxygen atoms in total. The van der Waals surface area contributed by atoms with Crippen molar-refractivity contribution in [1.82, 2.24) is 4.31 Å². The van der Waals surface area contributed by atoms with Crippen LogP contribution in [-0.4, -0.2) is 32.5 Å². The third-order valence-corrected chi connectivity index (χ3v) is 7.46. The molecule has 2 heterocycles. The van der Waals surface area contributed by atoms with Crippen LogP contribution < -0.4 is 4.90 Å². The van der Waals surface area contributed by atoms with Gasteiger partial charge in [0.05, 0.1) is 4.90 Å². The topological polar surface area (TPSA) is 40.6 Å². The van der Waals surface area contributed by atoms with Gasteiger partial charge in [0.15, 0.2) is 0 Å². The van der Waals surface area contributed by atoms with Gasteiger partial charge in [0.2, 0.25) is 10.0 Å². The fraction of sp³-hybridized carbons (Fsp3) is 0.368. The second-order valence-electron chi connectivity index (χ2n) is 7.10. The lowest BCUT2D eigenvalue weighted by Crippen LogP contribution is -2.49. The first-order valence-corrected chi connectivity index (χ1v) is 9.70. The number of para-hydroxylation sites is 1. The lowest BCUT2D eigenvalue weighted by atomic mass is 9.81. The lowest BCUT2D eigenvalue weighted by Gasteiger charge is -2.34. The minimum Gasteiger partial charge on any atom is -0.357 e. The number of rotatable bonds is 2. The molecule has 2 aromatic rings. The quantitative estimate of drug-likeness (QED) is 0.842. The maximum absolute atomic E-state index is 13.2. The Hall–Kier alpha value is -1.85. The Labute approximate surface area is 143 Å². The predicted octanol–water partition coefficient (Wildman–Crippen LogP) is 3.12. The molecule has 0 amide bonds. The highest BCUT2D eigenvalue weighted by molar-refractivity contribution is 7.89. The molecule has 5 heteroatoms. The van der Waals surface area contributed by atoms with E-state index < -0.39 is 10.0 Å². The zero-order chi connectivity index (χ0) is 17.1. The molecule has 0 aromatic heterocycles. The molecule has 24 heavy (non-hydrogen) atoms. The standard InChI is InChI=1S/C19H22N2O2S/c1-14-8-10-15(11-9-14)24(22,23)21-13-12-19(2)16-6-4-5-7-17(16)20(3)18(19)21/h4-11,18H,12-13H2,1-3H3/t18-,19-/m0/s1. The molecule has 0 N–H and O–H groups in total. The lowest BCUT2D eigenvalue weighted by molar-refractivity contribution is 0.329. The summed E-state index contributed by atoms with van der Waals surface area (Å²) in [6.07, 6.45) is 0.672. The molecule has 2 atom stereocenters.